The van der Waals surface area contributed by atoms with E-state index in [0.29, 0.717) is 21.3 Å². The van der Waals surface area contributed by atoms with Crippen LogP contribution in [0.5, 0.6) is 0 Å². The third-order valence-corrected chi connectivity index (χ3v) is 3.76. The van der Waals surface area contributed by atoms with E-state index in [4.69, 9.17) is 5.73 Å². The highest BCUT2D eigenvalue weighted by atomic mass is 79.9. The summed E-state index contributed by atoms with van der Waals surface area (Å²) in [6.45, 7) is 1.74. The number of benzene rings is 2. The van der Waals surface area contributed by atoms with Crippen molar-refractivity contribution in [1.82, 2.24) is 0 Å². The molecule has 2 rings (SSSR count). The number of nitrogen functional groups attached to an aromatic ring is 1. The van der Waals surface area contributed by atoms with E-state index in [9.17, 15) is 14.7 Å². The second-order valence-electron chi connectivity index (χ2n) is 4.44. The van der Waals surface area contributed by atoms with Crippen LogP contribution >= 0.6 is 15.9 Å². The van der Waals surface area contributed by atoms with Crippen LogP contribution in [0, 0.1) is 6.92 Å². The predicted molar refractivity (Wildman–Crippen MR) is 84.6 cm³/mol. The van der Waals surface area contributed by atoms with E-state index in [1.54, 1.807) is 37.3 Å². The molecule has 0 radical (unpaired) electrons. The third-order valence-electron chi connectivity index (χ3n) is 3.10. The van der Waals surface area contributed by atoms with Crippen molar-refractivity contribution in [2.45, 2.75) is 6.92 Å². The Balaban J connectivity index is 2.41. The molecule has 0 aliphatic heterocycles. The van der Waals surface area contributed by atoms with Crippen LogP contribution in [0.1, 0.15) is 26.3 Å². The van der Waals surface area contributed by atoms with Crippen LogP contribution in [-0.2, 0) is 0 Å². The maximum atomic E-state index is 12.3. The molecule has 6 heteroatoms. The molecule has 0 aromatic heterocycles. The number of rotatable bonds is 3. The standard InChI is InChI=1S/C15H13BrN2O3/c1-8-9(4-3-7-12(8)17)14(19)18-13-10(15(20)21)5-2-6-11(13)16/h2-7H,17H2,1H3,(H,18,19)(H,20,21). The second-order valence-corrected chi connectivity index (χ2v) is 5.30. The van der Waals surface area contributed by atoms with Crippen molar-refractivity contribution in [3.63, 3.8) is 0 Å². The van der Waals surface area contributed by atoms with Crippen LogP contribution in [0.15, 0.2) is 40.9 Å². The van der Waals surface area contributed by atoms with Crippen LogP contribution < -0.4 is 11.1 Å². The average Bonchev–Trinajstić information content (AvgIpc) is 2.43. The quantitative estimate of drug-likeness (QED) is 0.742. The van der Waals surface area contributed by atoms with E-state index in [0.717, 1.165) is 0 Å². The number of hydrogen-bond donors (Lipinski definition) is 3. The lowest BCUT2D eigenvalue weighted by Crippen LogP contribution is -2.17. The zero-order chi connectivity index (χ0) is 15.6. The first kappa shape index (κ1) is 15.1. The molecule has 0 unspecified atom stereocenters. The van der Waals surface area contributed by atoms with Gasteiger partial charge in [0, 0.05) is 15.7 Å². The fraction of sp³-hybridized carbons (Fsp3) is 0.0667. The number of nitrogens with two attached hydrogens (primary N) is 1. The zero-order valence-corrected chi connectivity index (χ0v) is 12.8. The van der Waals surface area contributed by atoms with E-state index < -0.39 is 11.9 Å². The number of para-hydroxylation sites is 1. The molecule has 0 saturated heterocycles. The topological polar surface area (TPSA) is 92.4 Å². The molecule has 0 aliphatic rings. The summed E-state index contributed by atoms with van der Waals surface area (Å²) < 4.78 is 0.498. The summed E-state index contributed by atoms with van der Waals surface area (Å²) in [5.41, 5.74) is 7.57. The summed E-state index contributed by atoms with van der Waals surface area (Å²) in [5.74, 6) is -1.52. The molecule has 0 saturated carbocycles. The van der Waals surface area contributed by atoms with Crippen LogP contribution in [0.2, 0.25) is 0 Å². The molecule has 0 fully saturated rings. The van der Waals surface area contributed by atoms with Gasteiger partial charge in [-0.2, -0.15) is 0 Å². The SMILES string of the molecule is Cc1c(N)cccc1C(=O)Nc1c(Br)cccc1C(=O)O. The lowest BCUT2D eigenvalue weighted by molar-refractivity contribution is 0.0698. The number of hydrogen-bond acceptors (Lipinski definition) is 3. The molecule has 0 bridgehead atoms. The molecule has 0 atom stereocenters. The van der Waals surface area contributed by atoms with Crippen molar-refractivity contribution in [2.24, 2.45) is 0 Å². The third kappa shape index (κ3) is 3.05. The second kappa shape index (κ2) is 5.97. The van der Waals surface area contributed by atoms with Gasteiger partial charge in [0.25, 0.3) is 5.91 Å². The number of carboxylic acids is 1. The van der Waals surface area contributed by atoms with Gasteiger partial charge in [-0.15, -0.1) is 0 Å². The maximum Gasteiger partial charge on any atom is 0.337 e. The predicted octanol–water partition coefficient (Wildman–Crippen LogP) is 3.29. The lowest BCUT2D eigenvalue weighted by atomic mass is 10.1. The fourth-order valence-corrected chi connectivity index (χ4v) is 2.38. The van der Waals surface area contributed by atoms with E-state index in [1.807, 2.05) is 0 Å². The number of anilines is 2. The highest BCUT2D eigenvalue weighted by Crippen LogP contribution is 2.27. The first-order chi connectivity index (χ1) is 9.91. The first-order valence-corrected chi connectivity index (χ1v) is 6.89. The van der Waals surface area contributed by atoms with Gasteiger partial charge in [-0.1, -0.05) is 12.1 Å². The van der Waals surface area contributed by atoms with Gasteiger partial charge in [-0.05, 0) is 52.7 Å². The summed E-state index contributed by atoms with van der Waals surface area (Å²) in [4.78, 5) is 23.6. The summed E-state index contributed by atoms with van der Waals surface area (Å²) in [6, 6.07) is 9.69. The number of carboxylic acid groups (broad SMARTS) is 1. The summed E-state index contributed by atoms with van der Waals surface area (Å²) in [5, 5.41) is 11.8. The van der Waals surface area contributed by atoms with Crippen molar-refractivity contribution in [3.8, 4) is 0 Å². The van der Waals surface area contributed by atoms with Gasteiger partial charge >= 0.3 is 5.97 Å². The molecule has 108 valence electrons. The molecular formula is C15H13BrN2O3. The molecule has 1 amide bonds. The van der Waals surface area contributed by atoms with Crippen LogP contribution in [0.4, 0.5) is 11.4 Å². The molecule has 21 heavy (non-hydrogen) atoms. The van der Waals surface area contributed by atoms with E-state index in [2.05, 4.69) is 21.2 Å². The average molecular weight is 349 g/mol. The van der Waals surface area contributed by atoms with Crippen molar-refractivity contribution in [3.05, 3.63) is 57.6 Å². The number of halogens is 1. The van der Waals surface area contributed by atoms with Gasteiger partial charge in [-0.3, -0.25) is 4.79 Å². The Bertz CT molecular complexity index is 729. The minimum Gasteiger partial charge on any atom is -0.478 e. The van der Waals surface area contributed by atoms with Crippen molar-refractivity contribution in [2.75, 3.05) is 11.1 Å². The summed E-state index contributed by atoms with van der Waals surface area (Å²) in [7, 11) is 0. The normalized spacial score (nSPS) is 10.2. The Hall–Kier alpha value is -2.34. The van der Waals surface area contributed by atoms with Crippen molar-refractivity contribution in [1.29, 1.82) is 0 Å². The highest BCUT2D eigenvalue weighted by molar-refractivity contribution is 9.10. The number of amides is 1. The summed E-state index contributed by atoms with van der Waals surface area (Å²) in [6.07, 6.45) is 0. The number of carbonyl (C=O) groups excluding carboxylic acids is 1. The highest BCUT2D eigenvalue weighted by Gasteiger charge is 2.17. The van der Waals surface area contributed by atoms with Crippen molar-refractivity contribution < 1.29 is 14.7 Å². The van der Waals surface area contributed by atoms with Crippen molar-refractivity contribution >= 4 is 39.2 Å². The lowest BCUT2D eigenvalue weighted by Gasteiger charge is -2.12. The summed E-state index contributed by atoms with van der Waals surface area (Å²) >= 11 is 3.25. The van der Waals surface area contributed by atoms with Gasteiger partial charge in [0.1, 0.15) is 0 Å². The Morgan fingerprint density at radius 1 is 1.14 bits per heavy atom. The molecule has 0 heterocycles. The first-order valence-electron chi connectivity index (χ1n) is 6.10. The minimum absolute atomic E-state index is 0.0132. The molecule has 0 spiro atoms. The van der Waals surface area contributed by atoms with Crippen LogP contribution in [0.3, 0.4) is 0 Å². The Labute approximate surface area is 129 Å². The van der Waals surface area contributed by atoms with Gasteiger partial charge in [0.2, 0.25) is 0 Å². The van der Waals surface area contributed by atoms with Crippen LogP contribution in [0.25, 0.3) is 0 Å². The molecule has 2 aromatic carbocycles. The van der Waals surface area contributed by atoms with Gasteiger partial charge in [0.15, 0.2) is 0 Å². The van der Waals surface area contributed by atoms with Gasteiger partial charge < -0.3 is 16.2 Å². The maximum absolute atomic E-state index is 12.3. The monoisotopic (exact) mass is 348 g/mol. The molecule has 4 N–H and O–H groups in total. The van der Waals surface area contributed by atoms with Gasteiger partial charge in [0.05, 0.1) is 11.3 Å². The minimum atomic E-state index is -1.11. The Morgan fingerprint density at radius 3 is 2.43 bits per heavy atom. The number of nitrogens with one attached hydrogen (secondary N) is 1. The molecule has 5 nitrogen and oxygen atoms in total. The van der Waals surface area contributed by atoms with E-state index in [1.165, 1.54) is 6.07 Å². The van der Waals surface area contributed by atoms with E-state index in [-0.39, 0.29) is 11.3 Å². The Morgan fingerprint density at radius 2 is 1.76 bits per heavy atom. The molecule has 2 aromatic rings. The Kier molecular flexibility index (Phi) is 4.28. The fourth-order valence-electron chi connectivity index (χ4n) is 1.91. The molecule has 0 aliphatic carbocycles. The smallest absolute Gasteiger partial charge is 0.337 e. The number of carbonyl (C=O) groups is 2. The zero-order valence-electron chi connectivity index (χ0n) is 11.2. The number of aromatic carboxylic acids is 1. The van der Waals surface area contributed by atoms with E-state index >= 15 is 0 Å². The van der Waals surface area contributed by atoms with Crippen LogP contribution in [-0.4, -0.2) is 17.0 Å². The largest absolute Gasteiger partial charge is 0.478 e. The van der Waals surface area contributed by atoms with Gasteiger partial charge in [-0.25, -0.2) is 4.79 Å². The molecular weight excluding hydrogens is 336 g/mol.